The number of aromatic nitrogens is 2. The lowest BCUT2D eigenvalue weighted by molar-refractivity contribution is 0.102. The molecule has 1 N–H and O–H groups in total. The van der Waals surface area contributed by atoms with Gasteiger partial charge in [-0.2, -0.15) is 0 Å². The standard InChI is InChI=1S/C18H20N2O2/c1-12(2)10-22-16-5-6-17-13(8-16)3-4-14(18(17)21)7-15-9-19-11-20-15/h5-9,11-12H,3-4,10H2,1-2H3,(H,19,20). The number of aromatic amines is 1. The molecule has 1 aliphatic carbocycles. The number of H-pyrrole nitrogens is 1. The number of imidazole rings is 1. The molecule has 1 aliphatic rings. The Hall–Kier alpha value is -2.36. The summed E-state index contributed by atoms with van der Waals surface area (Å²) in [6.07, 6.45) is 6.87. The molecule has 0 atom stereocenters. The smallest absolute Gasteiger partial charge is 0.189 e. The minimum absolute atomic E-state index is 0.0969. The number of nitrogens with zero attached hydrogens (tertiary/aromatic N) is 1. The minimum atomic E-state index is 0.0969. The van der Waals surface area contributed by atoms with Crippen molar-refractivity contribution >= 4 is 11.9 Å². The minimum Gasteiger partial charge on any atom is -0.493 e. The molecule has 4 nitrogen and oxygen atoms in total. The molecule has 0 unspecified atom stereocenters. The number of allylic oxidation sites excluding steroid dienone is 1. The molecule has 4 heteroatoms. The van der Waals surface area contributed by atoms with E-state index in [9.17, 15) is 4.79 Å². The van der Waals surface area contributed by atoms with Gasteiger partial charge in [-0.25, -0.2) is 4.98 Å². The van der Waals surface area contributed by atoms with Crippen LogP contribution in [0, 0.1) is 5.92 Å². The monoisotopic (exact) mass is 296 g/mol. The third kappa shape index (κ3) is 3.11. The molecule has 0 bridgehead atoms. The molecule has 1 aromatic heterocycles. The van der Waals surface area contributed by atoms with Crippen LogP contribution in [0.5, 0.6) is 5.75 Å². The summed E-state index contributed by atoms with van der Waals surface area (Å²) in [5.74, 6) is 1.43. The average molecular weight is 296 g/mol. The van der Waals surface area contributed by atoms with E-state index < -0.39 is 0 Å². The number of aryl methyl sites for hydroxylation is 1. The van der Waals surface area contributed by atoms with Gasteiger partial charge in [0.15, 0.2) is 5.78 Å². The normalized spacial score (nSPS) is 16.1. The van der Waals surface area contributed by atoms with E-state index in [0.717, 1.165) is 41.0 Å². The van der Waals surface area contributed by atoms with Crippen LogP contribution in [0.3, 0.4) is 0 Å². The maximum atomic E-state index is 12.6. The summed E-state index contributed by atoms with van der Waals surface area (Å²) in [4.78, 5) is 19.6. The third-order valence-corrected chi connectivity index (χ3v) is 3.70. The predicted molar refractivity (Wildman–Crippen MR) is 86.0 cm³/mol. The van der Waals surface area contributed by atoms with Crippen molar-refractivity contribution in [1.29, 1.82) is 0 Å². The molecule has 1 aromatic carbocycles. The zero-order valence-electron chi connectivity index (χ0n) is 12.9. The zero-order valence-corrected chi connectivity index (χ0v) is 12.9. The zero-order chi connectivity index (χ0) is 15.5. The lowest BCUT2D eigenvalue weighted by atomic mass is 9.86. The number of fused-ring (bicyclic) bond motifs is 1. The van der Waals surface area contributed by atoms with Crippen molar-refractivity contribution in [3.8, 4) is 5.75 Å². The summed E-state index contributed by atoms with van der Waals surface area (Å²) < 4.78 is 5.74. The fraction of sp³-hybridized carbons (Fsp3) is 0.333. The molecule has 22 heavy (non-hydrogen) atoms. The Bertz CT molecular complexity index is 700. The number of nitrogens with one attached hydrogen (secondary N) is 1. The Morgan fingerprint density at radius 2 is 2.23 bits per heavy atom. The highest BCUT2D eigenvalue weighted by Gasteiger charge is 2.22. The van der Waals surface area contributed by atoms with Gasteiger partial charge in [0.1, 0.15) is 5.75 Å². The highest BCUT2D eigenvalue weighted by atomic mass is 16.5. The Morgan fingerprint density at radius 3 is 2.95 bits per heavy atom. The Labute approximate surface area is 130 Å². The largest absolute Gasteiger partial charge is 0.493 e. The number of carbonyl (C=O) groups excluding carboxylic acids is 1. The molecule has 0 aliphatic heterocycles. The molecule has 114 valence electrons. The van der Waals surface area contributed by atoms with Crippen molar-refractivity contribution in [3.63, 3.8) is 0 Å². The van der Waals surface area contributed by atoms with E-state index >= 15 is 0 Å². The van der Waals surface area contributed by atoms with Gasteiger partial charge in [-0.15, -0.1) is 0 Å². The molecule has 0 fully saturated rings. The molecule has 0 radical (unpaired) electrons. The molecule has 1 heterocycles. The lowest BCUT2D eigenvalue weighted by Gasteiger charge is -2.18. The molecule has 3 rings (SSSR count). The highest BCUT2D eigenvalue weighted by molar-refractivity contribution is 6.13. The number of benzene rings is 1. The van der Waals surface area contributed by atoms with Crippen LogP contribution < -0.4 is 4.74 Å². The predicted octanol–water partition coefficient (Wildman–Crippen LogP) is 3.66. The molecular formula is C18H20N2O2. The number of ether oxygens (including phenoxy) is 1. The van der Waals surface area contributed by atoms with Crippen LogP contribution in [0.1, 0.15) is 41.9 Å². The summed E-state index contributed by atoms with van der Waals surface area (Å²) in [5.41, 5.74) is 3.47. The van der Waals surface area contributed by atoms with E-state index in [1.54, 1.807) is 12.5 Å². The van der Waals surface area contributed by atoms with Crippen LogP contribution in [-0.4, -0.2) is 22.4 Å². The lowest BCUT2D eigenvalue weighted by Crippen LogP contribution is -2.14. The Balaban J connectivity index is 1.82. The van der Waals surface area contributed by atoms with Crippen molar-refractivity contribution < 1.29 is 9.53 Å². The van der Waals surface area contributed by atoms with Crippen molar-refractivity contribution in [1.82, 2.24) is 9.97 Å². The van der Waals surface area contributed by atoms with Gasteiger partial charge in [-0.05, 0) is 48.6 Å². The van der Waals surface area contributed by atoms with Crippen LogP contribution in [0.4, 0.5) is 0 Å². The van der Waals surface area contributed by atoms with Crippen LogP contribution in [-0.2, 0) is 6.42 Å². The second kappa shape index (κ2) is 6.18. The summed E-state index contributed by atoms with van der Waals surface area (Å²) in [7, 11) is 0. The Morgan fingerprint density at radius 1 is 1.36 bits per heavy atom. The first-order valence-electron chi connectivity index (χ1n) is 7.63. The van der Waals surface area contributed by atoms with E-state index in [4.69, 9.17) is 4.74 Å². The molecule has 2 aromatic rings. The van der Waals surface area contributed by atoms with Crippen LogP contribution in [0.2, 0.25) is 0 Å². The fourth-order valence-corrected chi connectivity index (χ4v) is 2.57. The van der Waals surface area contributed by atoms with E-state index in [1.165, 1.54) is 0 Å². The van der Waals surface area contributed by atoms with E-state index in [1.807, 2.05) is 24.3 Å². The number of Topliss-reactive ketones (excluding diaryl/α,β-unsaturated/α-hetero) is 1. The van der Waals surface area contributed by atoms with Gasteiger partial charge in [0.25, 0.3) is 0 Å². The first-order valence-corrected chi connectivity index (χ1v) is 7.63. The highest BCUT2D eigenvalue weighted by Crippen LogP contribution is 2.29. The summed E-state index contributed by atoms with van der Waals surface area (Å²) in [6.45, 7) is 4.93. The van der Waals surface area contributed by atoms with Crippen molar-refractivity contribution in [2.75, 3.05) is 6.61 Å². The van der Waals surface area contributed by atoms with Gasteiger partial charge in [0.05, 0.1) is 18.6 Å². The van der Waals surface area contributed by atoms with Gasteiger partial charge in [0, 0.05) is 17.3 Å². The van der Waals surface area contributed by atoms with Gasteiger partial charge in [-0.1, -0.05) is 13.8 Å². The number of rotatable bonds is 4. The van der Waals surface area contributed by atoms with Crippen molar-refractivity contribution in [2.24, 2.45) is 5.92 Å². The Kier molecular flexibility index (Phi) is 4.09. The molecular weight excluding hydrogens is 276 g/mol. The molecule has 0 amide bonds. The second-order valence-corrected chi connectivity index (χ2v) is 6.02. The first kappa shape index (κ1) is 14.6. The van der Waals surface area contributed by atoms with E-state index in [0.29, 0.717) is 12.5 Å². The molecule has 0 saturated heterocycles. The van der Waals surface area contributed by atoms with Crippen molar-refractivity contribution in [3.05, 3.63) is 53.1 Å². The fourth-order valence-electron chi connectivity index (χ4n) is 2.57. The number of hydrogen-bond acceptors (Lipinski definition) is 3. The van der Waals surface area contributed by atoms with Crippen molar-refractivity contribution in [2.45, 2.75) is 26.7 Å². The first-order chi connectivity index (χ1) is 10.6. The summed E-state index contributed by atoms with van der Waals surface area (Å²) in [5, 5.41) is 0. The number of hydrogen-bond donors (Lipinski definition) is 1. The molecule has 0 spiro atoms. The SMILES string of the molecule is CC(C)COc1ccc2c(c1)CCC(=Cc1c[nH]cn1)C2=O. The van der Waals surface area contributed by atoms with E-state index in [2.05, 4.69) is 23.8 Å². The molecule has 0 saturated carbocycles. The summed E-state index contributed by atoms with van der Waals surface area (Å²) in [6, 6.07) is 5.77. The van der Waals surface area contributed by atoms with Gasteiger partial charge >= 0.3 is 0 Å². The quantitative estimate of drug-likeness (QED) is 0.876. The van der Waals surface area contributed by atoms with Crippen LogP contribution >= 0.6 is 0 Å². The second-order valence-electron chi connectivity index (χ2n) is 6.02. The van der Waals surface area contributed by atoms with Crippen LogP contribution in [0.25, 0.3) is 6.08 Å². The van der Waals surface area contributed by atoms with E-state index in [-0.39, 0.29) is 5.78 Å². The number of ketones is 1. The average Bonchev–Trinajstić information content (AvgIpc) is 3.01. The number of carbonyl (C=O) groups is 1. The summed E-state index contributed by atoms with van der Waals surface area (Å²) >= 11 is 0. The van der Waals surface area contributed by atoms with Gasteiger partial charge in [0.2, 0.25) is 0 Å². The van der Waals surface area contributed by atoms with Crippen LogP contribution in [0.15, 0.2) is 36.3 Å². The maximum Gasteiger partial charge on any atom is 0.189 e. The maximum absolute atomic E-state index is 12.6. The van der Waals surface area contributed by atoms with Gasteiger partial charge < -0.3 is 9.72 Å². The third-order valence-electron chi connectivity index (χ3n) is 3.70. The topological polar surface area (TPSA) is 55.0 Å². The van der Waals surface area contributed by atoms with Gasteiger partial charge in [-0.3, -0.25) is 4.79 Å².